The fourth-order valence-corrected chi connectivity index (χ4v) is 9.37. The Morgan fingerprint density at radius 2 is 0.719 bits per heavy atom. The smallest absolute Gasteiger partial charge is 0.0451 e. The van der Waals surface area contributed by atoms with E-state index in [1.54, 1.807) is 33.6 Å². The van der Waals surface area contributed by atoms with Crippen LogP contribution in [0, 0.1) is 23.7 Å². The zero-order chi connectivity index (χ0) is 20.6. The first-order valence-corrected chi connectivity index (χ1v) is 13.3. The molecule has 0 saturated carbocycles. The molecular formula is C30H32N2. The summed E-state index contributed by atoms with van der Waals surface area (Å²) in [5, 5.41) is 0. The van der Waals surface area contributed by atoms with E-state index in [1.165, 1.54) is 51.9 Å². The van der Waals surface area contributed by atoms with E-state index in [4.69, 9.17) is 0 Å². The van der Waals surface area contributed by atoms with Crippen molar-refractivity contribution in [3.05, 3.63) is 70.9 Å². The van der Waals surface area contributed by atoms with Gasteiger partial charge in [-0.25, -0.2) is 0 Å². The second-order valence-electron chi connectivity index (χ2n) is 12.0. The van der Waals surface area contributed by atoms with Crippen molar-refractivity contribution in [1.82, 2.24) is 0 Å². The average molecular weight is 421 g/mol. The highest BCUT2D eigenvalue weighted by Gasteiger charge is 2.52. The molecule has 8 aliphatic rings. The number of hydrogen-bond acceptors (Lipinski definition) is 2. The van der Waals surface area contributed by atoms with Crippen LogP contribution in [0.25, 0.3) is 0 Å². The van der Waals surface area contributed by atoms with Crippen molar-refractivity contribution in [3.63, 3.8) is 0 Å². The van der Waals surface area contributed by atoms with Crippen molar-refractivity contribution in [3.8, 4) is 0 Å². The molecule has 8 atom stereocenters. The summed E-state index contributed by atoms with van der Waals surface area (Å²) in [6.07, 6.45) is 25.5. The predicted octanol–water partition coefficient (Wildman–Crippen LogP) is 5.99. The Labute approximate surface area is 191 Å². The fraction of sp³-hybridized carbons (Fsp3) is 0.533. The fourth-order valence-electron chi connectivity index (χ4n) is 9.37. The lowest BCUT2D eigenvalue weighted by atomic mass is 9.64. The molecular weight excluding hydrogens is 388 g/mol. The van der Waals surface area contributed by atoms with Crippen LogP contribution < -0.4 is 9.80 Å². The summed E-state index contributed by atoms with van der Waals surface area (Å²) in [6, 6.07) is 0. The van der Waals surface area contributed by atoms with Gasteiger partial charge in [-0.2, -0.15) is 0 Å². The zero-order valence-corrected chi connectivity index (χ0v) is 18.8. The van der Waals surface area contributed by atoms with Gasteiger partial charge in [0.1, 0.15) is 0 Å². The van der Waals surface area contributed by atoms with Gasteiger partial charge >= 0.3 is 0 Å². The molecule has 0 spiro atoms. The van der Waals surface area contributed by atoms with Crippen LogP contribution in [-0.2, 0) is 0 Å². The number of fused-ring (bicyclic) bond motifs is 10. The molecule has 4 heterocycles. The number of rotatable bonds is 0. The highest BCUT2D eigenvalue weighted by Crippen LogP contribution is 2.64. The molecule has 162 valence electrons. The maximum absolute atomic E-state index is 2.89. The first-order valence-electron chi connectivity index (χ1n) is 13.3. The van der Waals surface area contributed by atoms with Gasteiger partial charge in [-0.15, -0.1) is 0 Å². The Balaban J connectivity index is 1.43. The molecule has 1 aromatic carbocycles. The SMILES string of the molecule is C1=C[C@@H]2c3c4c5c(c6c3N(C[C@@H]2C1)C[C@H]1CC=C[C@@H]61)[C@@H]1C=CC[C@H]1CN5C[C@@H]1CC=C[C@H]41. The molecule has 0 fully saturated rings. The Morgan fingerprint density at radius 3 is 1.00 bits per heavy atom. The van der Waals surface area contributed by atoms with Gasteiger partial charge in [0.15, 0.2) is 0 Å². The molecule has 0 amide bonds. The summed E-state index contributed by atoms with van der Waals surface area (Å²) < 4.78 is 0. The van der Waals surface area contributed by atoms with E-state index in [2.05, 4.69) is 58.4 Å². The van der Waals surface area contributed by atoms with E-state index in [1.807, 2.05) is 0 Å². The maximum atomic E-state index is 2.89. The van der Waals surface area contributed by atoms with Gasteiger partial charge in [0, 0.05) is 61.2 Å². The van der Waals surface area contributed by atoms with Gasteiger partial charge in [0.2, 0.25) is 0 Å². The summed E-state index contributed by atoms with van der Waals surface area (Å²) in [4.78, 5) is 5.78. The Hall–Kier alpha value is -2.22. The molecule has 0 bridgehead atoms. The first kappa shape index (κ1) is 17.3. The van der Waals surface area contributed by atoms with Crippen LogP contribution >= 0.6 is 0 Å². The Morgan fingerprint density at radius 1 is 0.438 bits per heavy atom. The molecule has 2 heteroatoms. The minimum absolute atomic E-state index is 0.647. The number of hydrogen-bond donors (Lipinski definition) is 0. The van der Waals surface area contributed by atoms with Crippen LogP contribution in [0.4, 0.5) is 11.4 Å². The van der Waals surface area contributed by atoms with Crippen molar-refractivity contribution >= 4 is 11.4 Å². The van der Waals surface area contributed by atoms with Crippen molar-refractivity contribution in [2.24, 2.45) is 23.7 Å². The topological polar surface area (TPSA) is 6.48 Å². The molecule has 0 radical (unpaired) electrons. The average Bonchev–Trinajstić information content (AvgIpc) is 3.59. The molecule has 1 aromatic rings. The lowest BCUT2D eigenvalue weighted by Crippen LogP contribution is -2.49. The molecule has 4 aliphatic heterocycles. The van der Waals surface area contributed by atoms with Crippen molar-refractivity contribution in [1.29, 1.82) is 0 Å². The zero-order valence-electron chi connectivity index (χ0n) is 18.8. The number of anilines is 2. The van der Waals surface area contributed by atoms with Crippen LogP contribution in [0.3, 0.4) is 0 Å². The molecule has 0 unspecified atom stereocenters. The van der Waals surface area contributed by atoms with E-state index < -0.39 is 0 Å². The van der Waals surface area contributed by atoms with Crippen LogP contribution in [0.2, 0.25) is 0 Å². The minimum atomic E-state index is 0.647. The van der Waals surface area contributed by atoms with Gasteiger partial charge < -0.3 is 9.80 Å². The summed E-state index contributed by atoms with van der Waals surface area (Å²) in [6.45, 7) is 5.10. The van der Waals surface area contributed by atoms with Gasteiger partial charge in [-0.05, 0) is 71.6 Å². The lowest BCUT2D eigenvalue weighted by molar-refractivity contribution is 0.379. The predicted molar refractivity (Wildman–Crippen MR) is 131 cm³/mol. The third-order valence-electron chi connectivity index (χ3n) is 10.5. The number of nitrogens with zero attached hydrogens (tertiary/aromatic N) is 2. The van der Waals surface area contributed by atoms with Crippen LogP contribution in [0.5, 0.6) is 0 Å². The maximum Gasteiger partial charge on any atom is 0.0451 e. The molecule has 32 heavy (non-hydrogen) atoms. The van der Waals surface area contributed by atoms with Gasteiger partial charge in [0.25, 0.3) is 0 Å². The molecule has 0 aromatic heterocycles. The highest BCUT2D eigenvalue weighted by atomic mass is 15.2. The third kappa shape index (κ3) is 1.92. The van der Waals surface area contributed by atoms with Crippen molar-refractivity contribution < 1.29 is 0 Å². The number of benzene rings is 1. The molecule has 9 rings (SSSR count). The van der Waals surface area contributed by atoms with E-state index in [0.717, 1.165) is 23.7 Å². The summed E-state index contributed by atoms with van der Waals surface area (Å²) in [5.74, 6) is 5.75. The van der Waals surface area contributed by atoms with Crippen LogP contribution in [0.15, 0.2) is 48.6 Å². The van der Waals surface area contributed by atoms with Crippen LogP contribution in [0.1, 0.15) is 71.6 Å². The van der Waals surface area contributed by atoms with Gasteiger partial charge in [0.05, 0.1) is 0 Å². The summed E-state index contributed by atoms with van der Waals surface area (Å²) in [5.41, 5.74) is 10.5. The molecule has 4 aliphatic carbocycles. The molecule has 2 nitrogen and oxygen atoms in total. The minimum Gasteiger partial charge on any atom is -0.370 e. The van der Waals surface area contributed by atoms with E-state index in [9.17, 15) is 0 Å². The largest absolute Gasteiger partial charge is 0.370 e. The van der Waals surface area contributed by atoms with Gasteiger partial charge in [-0.3, -0.25) is 0 Å². The quantitative estimate of drug-likeness (QED) is 0.476. The monoisotopic (exact) mass is 420 g/mol. The van der Waals surface area contributed by atoms with E-state index in [0.29, 0.717) is 23.7 Å². The number of allylic oxidation sites excluding steroid dienone is 8. The Bertz CT molecular complexity index is 992. The van der Waals surface area contributed by atoms with E-state index >= 15 is 0 Å². The first-order chi connectivity index (χ1) is 15.9. The second-order valence-corrected chi connectivity index (χ2v) is 12.0. The van der Waals surface area contributed by atoms with Gasteiger partial charge in [-0.1, -0.05) is 48.6 Å². The standard InChI is InChI=1S/C30H32N2/c1-5-17-13-31-14-18-6-3-11-23(18)27-28-24-12-4-8-20(24)16-32-15-19-7-2-10-22(19)26(30(28)32)25(29(27)31)21(17)9-1/h1-4,9-12,17-24H,5-8,13-16H2/t17-,18-,19-,20+,21-,22-,23+,24+/m0/s1. The van der Waals surface area contributed by atoms with E-state index in [-0.39, 0.29) is 0 Å². The molecule has 0 saturated heterocycles. The lowest BCUT2D eigenvalue weighted by Gasteiger charge is -2.54. The molecule has 0 N–H and O–H groups in total. The summed E-state index contributed by atoms with van der Waals surface area (Å²) in [7, 11) is 0. The second kappa shape index (κ2) is 5.82. The Kier molecular flexibility index (Phi) is 3.14. The highest BCUT2D eigenvalue weighted by molar-refractivity contribution is 5.84. The van der Waals surface area contributed by atoms with Crippen molar-refractivity contribution in [2.45, 2.75) is 49.4 Å². The van der Waals surface area contributed by atoms with Crippen LogP contribution in [-0.4, -0.2) is 26.2 Å². The normalized spacial score (nSPS) is 42.6. The third-order valence-corrected chi connectivity index (χ3v) is 10.5. The summed E-state index contributed by atoms with van der Waals surface area (Å²) >= 11 is 0. The van der Waals surface area contributed by atoms with Crippen molar-refractivity contribution in [2.75, 3.05) is 36.0 Å².